The van der Waals surface area contributed by atoms with Crippen molar-refractivity contribution in [1.82, 2.24) is 20.4 Å². The molecule has 1 aromatic carbocycles. The van der Waals surface area contributed by atoms with Crippen molar-refractivity contribution in [2.45, 2.75) is 53.1 Å². The molecule has 0 aliphatic carbocycles. The SMILES string of the molecule is CCNC(=NCC(C)N1CCc2ccccc2C1)NCCC(=O)N(CC)CC.I. The van der Waals surface area contributed by atoms with E-state index >= 15 is 0 Å². The molecule has 1 atom stereocenters. The Morgan fingerprint density at radius 2 is 1.86 bits per heavy atom. The van der Waals surface area contributed by atoms with Gasteiger partial charge < -0.3 is 15.5 Å². The Kier molecular flexibility index (Phi) is 12.2. The van der Waals surface area contributed by atoms with Crippen LogP contribution in [0.3, 0.4) is 0 Å². The zero-order valence-electron chi connectivity index (χ0n) is 18.4. The normalized spacial score (nSPS) is 15.1. The minimum Gasteiger partial charge on any atom is -0.357 e. The molecule has 0 radical (unpaired) electrons. The number of amides is 1. The van der Waals surface area contributed by atoms with Crippen LogP contribution in [0, 0.1) is 0 Å². The summed E-state index contributed by atoms with van der Waals surface area (Å²) in [6, 6.07) is 9.10. The molecule has 0 saturated carbocycles. The summed E-state index contributed by atoms with van der Waals surface area (Å²) in [4.78, 5) is 21.3. The first-order chi connectivity index (χ1) is 13.6. The molecule has 1 amide bonds. The van der Waals surface area contributed by atoms with Crippen LogP contribution in [0.2, 0.25) is 0 Å². The first-order valence-corrected chi connectivity index (χ1v) is 10.7. The van der Waals surface area contributed by atoms with Crippen LogP contribution < -0.4 is 10.6 Å². The number of halogens is 1. The molecule has 2 rings (SSSR count). The number of hydrogen-bond acceptors (Lipinski definition) is 3. The fraction of sp³-hybridized carbons (Fsp3) is 0.636. The summed E-state index contributed by atoms with van der Waals surface area (Å²) in [6.45, 7) is 14.1. The maximum absolute atomic E-state index is 12.1. The van der Waals surface area contributed by atoms with Gasteiger partial charge in [-0.2, -0.15) is 0 Å². The van der Waals surface area contributed by atoms with Gasteiger partial charge in [0.25, 0.3) is 0 Å². The number of fused-ring (bicyclic) bond motifs is 1. The predicted molar refractivity (Wildman–Crippen MR) is 132 cm³/mol. The van der Waals surface area contributed by atoms with Gasteiger partial charge in [-0.3, -0.25) is 14.7 Å². The van der Waals surface area contributed by atoms with Gasteiger partial charge in [0.1, 0.15) is 0 Å². The van der Waals surface area contributed by atoms with Crippen molar-refractivity contribution < 1.29 is 4.79 Å². The van der Waals surface area contributed by atoms with Crippen molar-refractivity contribution in [3.8, 4) is 0 Å². The lowest BCUT2D eigenvalue weighted by molar-refractivity contribution is -0.130. The molecule has 1 aliphatic heterocycles. The Morgan fingerprint density at radius 1 is 1.17 bits per heavy atom. The molecule has 7 heteroatoms. The Hall–Kier alpha value is -1.35. The van der Waals surface area contributed by atoms with Gasteiger partial charge in [-0.05, 0) is 45.2 Å². The molecule has 0 saturated heterocycles. The number of aliphatic imine (C=N–C) groups is 1. The molecular formula is C22H38IN5O. The van der Waals surface area contributed by atoms with Crippen LogP contribution in [-0.4, -0.2) is 67.0 Å². The highest BCUT2D eigenvalue weighted by Gasteiger charge is 2.20. The lowest BCUT2D eigenvalue weighted by Gasteiger charge is -2.33. The summed E-state index contributed by atoms with van der Waals surface area (Å²) in [5.41, 5.74) is 2.91. The largest absolute Gasteiger partial charge is 0.357 e. The predicted octanol–water partition coefficient (Wildman–Crippen LogP) is 2.86. The molecule has 1 heterocycles. The van der Waals surface area contributed by atoms with Crippen LogP contribution in [0.5, 0.6) is 0 Å². The van der Waals surface area contributed by atoms with Crippen molar-refractivity contribution in [2.75, 3.05) is 39.3 Å². The van der Waals surface area contributed by atoms with E-state index in [9.17, 15) is 4.79 Å². The van der Waals surface area contributed by atoms with Crippen LogP contribution in [0.4, 0.5) is 0 Å². The van der Waals surface area contributed by atoms with Gasteiger partial charge in [0.15, 0.2) is 5.96 Å². The zero-order chi connectivity index (χ0) is 20.4. The summed E-state index contributed by atoms with van der Waals surface area (Å²) in [6.07, 6.45) is 1.60. The summed E-state index contributed by atoms with van der Waals surface area (Å²) >= 11 is 0. The van der Waals surface area contributed by atoms with Crippen molar-refractivity contribution in [2.24, 2.45) is 4.99 Å². The fourth-order valence-electron chi connectivity index (χ4n) is 3.60. The third-order valence-electron chi connectivity index (χ3n) is 5.39. The van der Waals surface area contributed by atoms with E-state index in [4.69, 9.17) is 4.99 Å². The van der Waals surface area contributed by atoms with Gasteiger partial charge in [0, 0.05) is 51.7 Å². The molecule has 164 valence electrons. The van der Waals surface area contributed by atoms with Crippen LogP contribution in [0.1, 0.15) is 45.2 Å². The second kappa shape index (κ2) is 13.8. The standard InChI is InChI=1S/C22H37N5O.HI/c1-5-23-22(24-14-12-21(28)26(6-2)7-3)25-16-18(4)27-15-13-19-10-8-9-11-20(19)17-27;/h8-11,18H,5-7,12-17H2,1-4H3,(H2,23,24,25);1H. The van der Waals surface area contributed by atoms with E-state index in [2.05, 4.69) is 53.6 Å². The summed E-state index contributed by atoms with van der Waals surface area (Å²) < 4.78 is 0. The molecule has 0 fully saturated rings. The second-order valence-electron chi connectivity index (χ2n) is 7.30. The maximum Gasteiger partial charge on any atom is 0.224 e. The topological polar surface area (TPSA) is 60.0 Å². The second-order valence-corrected chi connectivity index (χ2v) is 7.30. The highest BCUT2D eigenvalue weighted by atomic mass is 127. The highest BCUT2D eigenvalue weighted by molar-refractivity contribution is 14.0. The summed E-state index contributed by atoms with van der Waals surface area (Å²) in [7, 11) is 0. The van der Waals surface area contributed by atoms with Gasteiger partial charge >= 0.3 is 0 Å². The van der Waals surface area contributed by atoms with Gasteiger partial charge in [0.05, 0.1) is 6.54 Å². The summed E-state index contributed by atoms with van der Waals surface area (Å²) in [5, 5.41) is 6.58. The first-order valence-electron chi connectivity index (χ1n) is 10.7. The van der Waals surface area contributed by atoms with Crippen molar-refractivity contribution >= 4 is 35.8 Å². The number of guanidine groups is 1. The van der Waals surface area contributed by atoms with Gasteiger partial charge in [0.2, 0.25) is 5.91 Å². The van der Waals surface area contributed by atoms with E-state index in [1.54, 1.807) is 0 Å². The average Bonchev–Trinajstić information content (AvgIpc) is 2.72. The number of nitrogens with zero attached hydrogens (tertiary/aromatic N) is 3. The molecule has 29 heavy (non-hydrogen) atoms. The quantitative estimate of drug-likeness (QED) is 0.302. The Bertz CT molecular complexity index is 648. The Balaban J connectivity index is 0.00000420. The third-order valence-corrected chi connectivity index (χ3v) is 5.39. The molecule has 1 unspecified atom stereocenters. The Labute approximate surface area is 193 Å². The van der Waals surface area contributed by atoms with E-state index in [1.165, 1.54) is 11.1 Å². The van der Waals surface area contributed by atoms with Crippen LogP contribution in [0.15, 0.2) is 29.3 Å². The van der Waals surface area contributed by atoms with E-state index in [-0.39, 0.29) is 29.9 Å². The lowest BCUT2D eigenvalue weighted by Crippen LogP contribution is -2.42. The van der Waals surface area contributed by atoms with Crippen molar-refractivity contribution in [3.63, 3.8) is 0 Å². The maximum atomic E-state index is 12.1. The lowest BCUT2D eigenvalue weighted by atomic mass is 9.99. The minimum atomic E-state index is 0. The van der Waals surface area contributed by atoms with Gasteiger partial charge in [-0.1, -0.05) is 24.3 Å². The number of benzene rings is 1. The van der Waals surface area contributed by atoms with Crippen LogP contribution >= 0.6 is 24.0 Å². The van der Waals surface area contributed by atoms with Crippen molar-refractivity contribution in [3.05, 3.63) is 35.4 Å². The van der Waals surface area contributed by atoms with E-state index in [0.29, 0.717) is 19.0 Å². The van der Waals surface area contributed by atoms with Gasteiger partial charge in [-0.15, -0.1) is 24.0 Å². The molecule has 1 aliphatic rings. The number of hydrogen-bond donors (Lipinski definition) is 2. The molecule has 0 aromatic heterocycles. The number of carbonyl (C=O) groups is 1. The Morgan fingerprint density at radius 3 is 2.52 bits per heavy atom. The van der Waals surface area contributed by atoms with E-state index in [1.807, 2.05) is 18.7 Å². The van der Waals surface area contributed by atoms with E-state index in [0.717, 1.165) is 51.6 Å². The summed E-state index contributed by atoms with van der Waals surface area (Å²) in [5.74, 6) is 0.979. The molecule has 0 spiro atoms. The van der Waals surface area contributed by atoms with Gasteiger partial charge in [-0.25, -0.2) is 0 Å². The molecule has 0 bridgehead atoms. The van der Waals surface area contributed by atoms with Crippen LogP contribution in [-0.2, 0) is 17.8 Å². The fourth-order valence-corrected chi connectivity index (χ4v) is 3.60. The monoisotopic (exact) mass is 515 g/mol. The van der Waals surface area contributed by atoms with Crippen molar-refractivity contribution in [1.29, 1.82) is 0 Å². The third kappa shape index (κ3) is 8.12. The minimum absolute atomic E-state index is 0. The smallest absolute Gasteiger partial charge is 0.224 e. The molecule has 6 nitrogen and oxygen atoms in total. The first kappa shape index (κ1) is 25.7. The number of rotatable bonds is 9. The number of nitrogens with one attached hydrogen (secondary N) is 2. The van der Waals surface area contributed by atoms with Crippen LogP contribution in [0.25, 0.3) is 0 Å². The zero-order valence-corrected chi connectivity index (χ0v) is 20.7. The molecule has 2 N–H and O–H groups in total. The molecular weight excluding hydrogens is 477 g/mol. The number of carbonyl (C=O) groups excluding carboxylic acids is 1. The average molecular weight is 515 g/mol. The molecule has 1 aromatic rings. The van der Waals surface area contributed by atoms with E-state index < -0.39 is 0 Å². The highest BCUT2D eigenvalue weighted by Crippen LogP contribution is 2.20.